The van der Waals surface area contributed by atoms with Gasteiger partial charge in [0.15, 0.2) is 0 Å². The minimum atomic E-state index is 0.226. The molecule has 15 heavy (non-hydrogen) atoms. The molecule has 0 saturated carbocycles. The number of nitrogens with one attached hydrogen (secondary N) is 1. The molecule has 1 unspecified atom stereocenters. The molecule has 2 aliphatic heterocycles. The summed E-state index contributed by atoms with van der Waals surface area (Å²) in [4.78, 5) is 14.3. The summed E-state index contributed by atoms with van der Waals surface area (Å²) >= 11 is 0. The van der Waals surface area contributed by atoms with E-state index < -0.39 is 0 Å². The fourth-order valence-corrected chi connectivity index (χ4v) is 2.45. The fourth-order valence-electron chi connectivity index (χ4n) is 2.45. The highest BCUT2D eigenvalue weighted by Crippen LogP contribution is 2.20. The van der Waals surface area contributed by atoms with Gasteiger partial charge >= 0.3 is 0 Å². The largest absolute Gasteiger partial charge is 0.342 e. The van der Waals surface area contributed by atoms with Crippen LogP contribution >= 0.6 is 0 Å². The van der Waals surface area contributed by atoms with Crippen molar-refractivity contribution in [2.45, 2.75) is 32.6 Å². The maximum atomic E-state index is 12.2. The van der Waals surface area contributed by atoms with Gasteiger partial charge in [-0.25, -0.2) is 0 Å². The maximum Gasteiger partial charge on any atom is 0.225 e. The number of amides is 1. The van der Waals surface area contributed by atoms with Gasteiger partial charge in [-0.3, -0.25) is 4.79 Å². The van der Waals surface area contributed by atoms with Crippen molar-refractivity contribution in [3.63, 3.8) is 0 Å². The highest BCUT2D eigenvalue weighted by molar-refractivity contribution is 5.79. The summed E-state index contributed by atoms with van der Waals surface area (Å²) in [5.74, 6) is 1.20. The normalized spacial score (nSPS) is 25.5. The molecule has 0 aromatic heterocycles. The topological polar surface area (TPSA) is 32.3 Å². The Morgan fingerprint density at radius 1 is 1.20 bits per heavy atom. The average Bonchev–Trinajstić information content (AvgIpc) is 2.41. The Hall–Kier alpha value is -0.570. The number of rotatable bonds is 2. The standard InChI is InChI=1S/C12H22N2O/c1-10(11-8-13-9-11)12(15)14-6-4-2-3-5-7-14/h10-11,13H,2-9H2,1H3. The van der Waals surface area contributed by atoms with Gasteiger partial charge in [-0.05, 0) is 31.8 Å². The first-order valence-electron chi connectivity index (χ1n) is 6.28. The van der Waals surface area contributed by atoms with Crippen LogP contribution in [0.5, 0.6) is 0 Å². The van der Waals surface area contributed by atoms with Gasteiger partial charge in [0, 0.05) is 19.0 Å². The van der Waals surface area contributed by atoms with Crippen LogP contribution in [0.1, 0.15) is 32.6 Å². The van der Waals surface area contributed by atoms with Crippen LogP contribution in [0.2, 0.25) is 0 Å². The second-order valence-corrected chi connectivity index (χ2v) is 4.95. The Balaban J connectivity index is 1.86. The third-order valence-corrected chi connectivity index (χ3v) is 3.83. The van der Waals surface area contributed by atoms with E-state index in [-0.39, 0.29) is 5.92 Å². The number of hydrogen-bond donors (Lipinski definition) is 1. The Labute approximate surface area is 92.2 Å². The zero-order valence-corrected chi connectivity index (χ0v) is 9.67. The van der Waals surface area contributed by atoms with Crippen LogP contribution in [0.15, 0.2) is 0 Å². The van der Waals surface area contributed by atoms with Gasteiger partial charge < -0.3 is 10.2 Å². The first-order chi connectivity index (χ1) is 7.29. The van der Waals surface area contributed by atoms with E-state index in [0.717, 1.165) is 26.2 Å². The van der Waals surface area contributed by atoms with Crippen molar-refractivity contribution >= 4 is 5.91 Å². The number of carbonyl (C=O) groups excluding carboxylic acids is 1. The average molecular weight is 210 g/mol. The van der Waals surface area contributed by atoms with Crippen LogP contribution in [0.4, 0.5) is 0 Å². The quantitative estimate of drug-likeness (QED) is 0.744. The molecule has 2 heterocycles. The molecule has 0 radical (unpaired) electrons. The van der Waals surface area contributed by atoms with E-state index in [1.54, 1.807) is 0 Å². The van der Waals surface area contributed by atoms with Gasteiger partial charge in [0.25, 0.3) is 0 Å². The molecule has 2 saturated heterocycles. The highest BCUT2D eigenvalue weighted by atomic mass is 16.2. The second-order valence-electron chi connectivity index (χ2n) is 4.95. The SMILES string of the molecule is CC(C(=O)N1CCCCCC1)C1CNC1. The number of nitrogens with zero attached hydrogens (tertiary/aromatic N) is 1. The van der Waals surface area contributed by atoms with Crippen LogP contribution in [0, 0.1) is 11.8 Å². The van der Waals surface area contributed by atoms with E-state index in [2.05, 4.69) is 17.1 Å². The number of likely N-dealkylation sites (tertiary alicyclic amines) is 1. The molecule has 2 rings (SSSR count). The lowest BCUT2D eigenvalue weighted by Crippen LogP contribution is -2.50. The molecule has 3 nitrogen and oxygen atoms in total. The molecule has 2 aliphatic rings. The van der Waals surface area contributed by atoms with Crippen molar-refractivity contribution in [1.29, 1.82) is 0 Å². The number of carbonyl (C=O) groups is 1. The third-order valence-electron chi connectivity index (χ3n) is 3.83. The van der Waals surface area contributed by atoms with Gasteiger partial charge in [0.1, 0.15) is 0 Å². The second kappa shape index (κ2) is 4.97. The minimum Gasteiger partial charge on any atom is -0.342 e. The molecule has 3 heteroatoms. The van der Waals surface area contributed by atoms with Crippen molar-refractivity contribution in [2.75, 3.05) is 26.2 Å². The van der Waals surface area contributed by atoms with Crippen LogP contribution in [0.3, 0.4) is 0 Å². The van der Waals surface area contributed by atoms with Gasteiger partial charge in [-0.15, -0.1) is 0 Å². The molecule has 0 bridgehead atoms. The zero-order chi connectivity index (χ0) is 10.7. The molecule has 86 valence electrons. The van der Waals surface area contributed by atoms with E-state index in [1.165, 1.54) is 25.7 Å². The van der Waals surface area contributed by atoms with E-state index >= 15 is 0 Å². The molecule has 1 atom stereocenters. The summed E-state index contributed by atoms with van der Waals surface area (Å²) in [6, 6.07) is 0. The molecular formula is C12H22N2O. The van der Waals surface area contributed by atoms with Crippen molar-refractivity contribution in [2.24, 2.45) is 11.8 Å². The summed E-state index contributed by atoms with van der Waals surface area (Å²) in [6.07, 6.45) is 4.98. The lowest BCUT2D eigenvalue weighted by molar-refractivity contribution is -0.137. The highest BCUT2D eigenvalue weighted by Gasteiger charge is 2.31. The van der Waals surface area contributed by atoms with Gasteiger partial charge in [0.2, 0.25) is 5.91 Å². The molecule has 1 amide bonds. The summed E-state index contributed by atoms with van der Waals surface area (Å²) in [5, 5.41) is 3.24. The molecule has 0 aromatic carbocycles. The van der Waals surface area contributed by atoms with E-state index in [0.29, 0.717) is 11.8 Å². The van der Waals surface area contributed by atoms with E-state index in [9.17, 15) is 4.79 Å². The smallest absolute Gasteiger partial charge is 0.225 e. The lowest BCUT2D eigenvalue weighted by atomic mass is 9.88. The third kappa shape index (κ3) is 2.51. The molecule has 0 aliphatic carbocycles. The molecule has 0 aromatic rings. The Bertz CT molecular complexity index is 218. The van der Waals surface area contributed by atoms with E-state index in [1.807, 2.05) is 0 Å². The lowest BCUT2D eigenvalue weighted by Gasteiger charge is -2.34. The summed E-state index contributed by atoms with van der Waals surface area (Å²) in [6.45, 7) is 6.13. The van der Waals surface area contributed by atoms with Gasteiger partial charge in [0.05, 0.1) is 0 Å². The van der Waals surface area contributed by atoms with Crippen molar-refractivity contribution in [3.8, 4) is 0 Å². The molecule has 1 N–H and O–H groups in total. The number of hydrogen-bond acceptors (Lipinski definition) is 2. The summed E-state index contributed by atoms with van der Waals surface area (Å²) in [7, 11) is 0. The molecule has 2 fully saturated rings. The first-order valence-corrected chi connectivity index (χ1v) is 6.28. The molecular weight excluding hydrogens is 188 g/mol. The van der Waals surface area contributed by atoms with Crippen molar-refractivity contribution in [1.82, 2.24) is 10.2 Å². The first kappa shape index (κ1) is 10.9. The predicted octanol–water partition coefficient (Wildman–Crippen LogP) is 1.24. The Morgan fingerprint density at radius 2 is 1.80 bits per heavy atom. The van der Waals surface area contributed by atoms with Crippen molar-refractivity contribution in [3.05, 3.63) is 0 Å². The van der Waals surface area contributed by atoms with Crippen LogP contribution < -0.4 is 5.32 Å². The predicted molar refractivity (Wildman–Crippen MR) is 60.6 cm³/mol. The van der Waals surface area contributed by atoms with Gasteiger partial charge in [-0.2, -0.15) is 0 Å². The van der Waals surface area contributed by atoms with Crippen LogP contribution in [-0.2, 0) is 4.79 Å². The summed E-state index contributed by atoms with van der Waals surface area (Å²) in [5.41, 5.74) is 0. The fraction of sp³-hybridized carbons (Fsp3) is 0.917. The Morgan fingerprint density at radius 3 is 2.27 bits per heavy atom. The van der Waals surface area contributed by atoms with Crippen molar-refractivity contribution < 1.29 is 4.79 Å². The zero-order valence-electron chi connectivity index (χ0n) is 9.67. The van der Waals surface area contributed by atoms with Crippen LogP contribution in [-0.4, -0.2) is 37.0 Å². The van der Waals surface area contributed by atoms with E-state index in [4.69, 9.17) is 0 Å². The Kier molecular flexibility index (Phi) is 3.62. The van der Waals surface area contributed by atoms with Crippen LogP contribution in [0.25, 0.3) is 0 Å². The summed E-state index contributed by atoms with van der Waals surface area (Å²) < 4.78 is 0. The van der Waals surface area contributed by atoms with Gasteiger partial charge in [-0.1, -0.05) is 19.8 Å². The monoisotopic (exact) mass is 210 g/mol. The maximum absolute atomic E-state index is 12.2. The minimum absolute atomic E-state index is 0.226. The molecule has 0 spiro atoms.